The number of likely N-dealkylation sites (tertiary alicyclic amines) is 1. The van der Waals surface area contributed by atoms with Crippen LogP contribution in [0.5, 0.6) is 0 Å². The third kappa shape index (κ3) is 3.02. The lowest BCUT2D eigenvalue weighted by Gasteiger charge is -2.28. The number of nitrogens with two attached hydrogens (primary N) is 2. The van der Waals surface area contributed by atoms with E-state index in [1.807, 2.05) is 42.5 Å². The van der Waals surface area contributed by atoms with Crippen molar-refractivity contribution in [2.24, 2.45) is 11.5 Å². The molecule has 0 amide bonds. The van der Waals surface area contributed by atoms with Crippen molar-refractivity contribution in [2.45, 2.75) is 38.8 Å². The Bertz CT molecular complexity index is 748. The van der Waals surface area contributed by atoms with Crippen molar-refractivity contribution < 1.29 is 0 Å². The fourth-order valence-electron chi connectivity index (χ4n) is 3.39. The molecule has 2 heterocycles. The predicted molar refractivity (Wildman–Crippen MR) is 96.2 cm³/mol. The number of hydrogen-bond acceptors (Lipinski definition) is 4. The predicted octanol–water partition coefficient (Wildman–Crippen LogP) is 3.21. The molecule has 1 aliphatic heterocycles. The van der Waals surface area contributed by atoms with Gasteiger partial charge in [-0.3, -0.25) is 4.98 Å². The zero-order chi connectivity index (χ0) is 16.4. The fourth-order valence-corrected chi connectivity index (χ4v) is 3.39. The molecule has 2 unspecified atom stereocenters. The second-order valence-electron chi connectivity index (χ2n) is 6.28. The van der Waals surface area contributed by atoms with E-state index >= 15 is 0 Å². The minimum atomic E-state index is 0.482. The smallest absolute Gasteiger partial charge is 0.0991 e. The summed E-state index contributed by atoms with van der Waals surface area (Å²) in [6.07, 6.45) is 7.95. The summed E-state index contributed by atoms with van der Waals surface area (Å²) in [5, 5.41) is 1.08. The molecular formula is C19H24N4. The van der Waals surface area contributed by atoms with Crippen molar-refractivity contribution in [3.8, 4) is 0 Å². The van der Waals surface area contributed by atoms with Crippen LogP contribution in [-0.2, 0) is 0 Å². The maximum atomic E-state index is 6.28. The van der Waals surface area contributed by atoms with Crippen LogP contribution in [0.4, 0.5) is 0 Å². The van der Waals surface area contributed by atoms with Gasteiger partial charge in [0.25, 0.3) is 0 Å². The highest BCUT2D eigenvalue weighted by molar-refractivity contribution is 5.90. The van der Waals surface area contributed by atoms with Gasteiger partial charge in [0.1, 0.15) is 0 Å². The molecule has 0 bridgehead atoms. The summed E-state index contributed by atoms with van der Waals surface area (Å²) in [6.45, 7) is 4.43. The second-order valence-corrected chi connectivity index (χ2v) is 6.28. The molecular weight excluding hydrogens is 284 g/mol. The van der Waals surface area contributed by atoms with Gasteiger partial charge in [-0.25, -0.2) is 0 Å². The van der Waals surface area contributed by atoms with Crippen LogP contribution in [0.25, 0.3) is 16.6 Å². The molecule has 0 aliphatic carbocycles. The maximum absolute atomic E-state index is 6.28. The Morgan fingerprint density at radius 2 is 1.78 bits per heavy atom. The monoisotopic (exact) mass is 308 g/mol. The normalized spacial score (nSPS) is 22.8. The van der Waals surface area contributed by atoms with Crippen molar-refractivity contribution in [3.63, 3.8) is 0 Å². The number of pyridine rings is 1. The third-order valence-electron chi connectivity index (χ3n) is 4.63. The van der Waals surface area contributed by atoms with Crippen molar-refractivity contribution in [2.75, 3.05) is 0 Å². The number of rotatable bonds is 3. The molecule has 0 saturated carbocycles. The summed E-state index contributed by atoms with van der Waals surface area (Å²) in [6, 6.07) is 11.0. The standard InChI is InChI=1S/C19H24N4/c1-13-8-9-14(2)23(13)18(21)11-10-17(20)16-7-3-5-15-6-4-12-22-19(15)16/h3-7,10-14H,8-9,20-21H2,1-2H3/b17-10-,18-11+. The Labute approximate surface area is 137 Å². The lowest BCUT2D eigenvalue weighted by atomic mass is 10.1. The molecule has 0 radical (unpaired) electrons. The van der Waals surface area contributed by atoms with Crippen molar-refractivity contribution in [3.05, 3.63) is 60.1 Å². The Morgan fingerprint density at radius 3 is 2.52 bits per heavy atom. The number of para-hydroxylation sites is 1. The van der Waals surface area contributed by atoms with Crippen LogP contribution in [-0.4, -0.2) is 22.0 Å². The fraction of sp³-hybridized carbons (Fsp3) is 0.316. The summed E-state index contributed by atoms with van der Waals surface area (Å²) in [7, 11) is 0. The average Bonchev–Trinajstić information content (AvgIpc) is 2.90. The van der Waals surface area contributed by atoms with Crippen LogP contribution in [0.1, 0.15) is 32.3 Å². The minimum absolute atomic E-state index is 0.482. The largest absolute Gasteiger partial charge is 0.398 e. The van der Waals surface area contributed by atoms with E-state index in [0.717, 1.165) is 22.3 Å². The van der Waals surface area contributed by atoms with E-state index in [1.165, 1.54) is 12.8 Å². The molecule has 0 spiro atoms. The van der Waals surface area contributed by atoms with E-state index in [-0.39, 0.29) is 0 Å². The van der Waals surface area contributed by atoms with E-state index in [4.69, 9.17) is 11.5 Å². The van der Waals surface area contributed by atoms with E-state index in [0.29, 0.717) is 17.8 Å². The van der Waals surface area contributed by atoms with Crippen LogP contribution in [0, 0.1) is 0 Å². The number of benzene rings is 1. The summed E-state index contributed by atoms with van der Waals surface area (Å²) in [5.74, 6) is 0.777. The van der Waals surface area contributed by atoms with E-state index in [2.05, 4.69) is 23.7 Å². The van der Waals surface area contributed by atoms with Gasteiger partial charge in [-0.1, -0.05) is 24.3 Å². The maximum Gasteiger partial charge on any atom is 0.0991 e. The van der Waals surface area contributed by atoms with Crippen LogP contribution in [0.3, 0.4) is 0 Å². The number of allylic oxidation sites excluding steroid dienone is 2. The molecule has 2 aromatic rings. The van der Waals surface area contributed by atoms with Crippen LogP contribution < -0.4 is 11.5 Å². The first-order valence-corrected chi connectivity index (χ1v) is 8.13. The molecule has 1 saturated heterocycles. The molecule has 1 fully saturated rings. The Balaban J connectivity index is 1.91. The van der Waals surface area contributed by atoms with Gasteiger partial charge < -0.3 is 16.4 Å². The van der Waals surface area contributed by atoms with Gasteiger partial charge in [-0.2, -0.15) is 0 Å². The molecule has 1 aromatic carbocycles. The van der Waals surface area contributed by atoms with E-state index in [1.54, 1.807) is 6.20 Å². The SMILES string of the molecule is CC1CCC(C)N1/C(N)=C/C=C(\N)c1cccc2cccnc12. The average molecular weight is 308 g/mol. The molecule has 4 heteroatoms. The molecule has 4 N–H and O–H groups in total. The first-order valence-electron chi connectivity index (χ1n) is 8.13. The number of hydrogen-bond donors (Lipinski definition) is 2. The summed E-state index contributed by atoms with van der Waals surface area (Å²) in [4.78, 5) is 6.72. The highest BCUT2D eigenvalue weighted by Crippen LogP contribution is 2.26. The lowest BCUT2D eigenvalue weighted by Crippen LogP contribution is -2.35. The van der Waals surface area contributed by atoms with Crippen molar-refractivity contribution in [1.82, 2.24) is 9.88 Å². The third-order valence-corrected chi connectivity index (χ3v) is 4.63. The topological polar surface area (TPSA) is 68.2 Å². The van der Waals surface area contributed by atoms with Crippen LogP contribution >= 0.6 is 0 Å². The molecule has 4 nitrogen and oxygen atoms in total. The lowest BCUT2D eigenvalue weighted by molar-refractivity contribution is 0.274. The first-order chi connectivity index (χ1) is 11.1. The minimum Gasteiger partial charge on any atom is -0.398 e. The number of nitrogens with zero attached hydrogens (tertiary/aromatic N) is 2. The molecule has 1 aromatic heterocycles. The Kier molecular flexibility index (Phi) is 4.24. The molecule has 1 aliphatic rings. The molecule has 3 rings (SSSR count). The molecule has 120 valence electrons. The van der Waals surface area contributed by atoms with E-state index < -0.39 is 0 Å². The molecule has 2 atom stereocenters. The van der Waals surface area contributed by atoms with Crippen molar-refractivity contribution in [1.29, 1.82) is 0 Å². The number of aromatic nitrogens is 1. The van der Waals surface area contributed by atoms with E-state index in [9.17, 15) is 0 Å². The van der Waals surface area contributed by atoms with Gasteiger partial charge >= 0.3 is 0 Å². The summed E-state index contributed by atoms with van der Waals surface area (Å²) >= 11 is 0. The van der Waals surface area contributed by atoms with Crippen molar-refractivity contribution >= 4 is 16.6 Å². The Hall–Kier alpha value is -2.49. The highest BCUT2D eigenvalue weighted by Gasteiger charge is 2.27. The van der Waals surface area contributed by atoms with Gasteiger partial charge in [0, 0.05) is 34.9 Å². The zero-order valence-electron chi connectivity index (χ0n) is 13.7. The first kappa shape index (κ1) is 15.4. The quantitative estimate of drug-likeness (QED) is 0.854. The second kappa shape index (κ2) is 6.32. The van der Waals surface area contributed by atoms with Gasteiger partial charge in [-0.15, -0.1) is 0 Å². The zero-order valence-corrected chi connectivity index (χ0v) is 13.7. The van der Waals surface area contributed by atoms with Gasteiger partial charge in [0.2, 0.25) is 0 Å². The van der Waals surface area contributed by atoms with Crippen LogP contribution in [0.2, 0.25) is 0 Å². The molecule has 23 heavy (non-hydrogen) atoms. The van der Waals surface area contributed by atoms with Gasteiger partial charge in [-0.05, 0) is 44.9 Å². The Morgan fingerprint density at radius 1 is 1.09 bits per heavy atom. The number of fused-ring (bicyclic) bond motifs is 1. The summed E-state index contributed by atoms with van der Waals surface area (Å²) in [5.41, 5.74) is 15.1. The van der Waals surface area contributed by atoms with Crippen LogP contribution in [0.15, 0.2) is 54.5 Å². The van der Waals surface area contributed by atoms with Gasteiger partial charge in [0.15, 0.2) is 0 Å². The summed E-state index contributed by atoms with van der Waals surface area (Å²) < 4.78 is 0. The van der Waals surface area contributed by atoms with Gasteiger partial charge in [0.05, 0.1) is 11.3 Å². The highest BCUT2D eigenvalue weighted by atomic mass is 15.3.